The molecular formula is C15H19NO3. The van der Waals surface area contributed by atoms with Gasteiger partial charge in [-0.05, 0) is 24.8 Å². The quantitative estimate of drug-likeness (QED) is 0.780. The summed E-state index contributed by atoms with van der Waals surface area (Å²) in [5.74, 6) is -0.0631. The second-order valence-electron chi connectivity index (χ2n) is 5.00. The van der Waals surface area contributed by atoms with Crippen LogP contribution in [0.1, 0.15) is 29.9 Å². The largest absolute Gasteiger partial charge is 0.468 e. The highest BCUT2D eigenvalue weighted by molar-refractivity contribution is 5.83. The number of likely N-dealkylation sites (tertiary alicyclic amines) is 1. The number of nitrogens with zero attached hydrogens (tertiary/aromatic N) is 1. The van der Waals surface area contributed by atoms with E-state index in [-0.39, 0.29) is 24.3 Å². The molecule has 1 amide bonds. The Labute approximate surface area is 113 Å². The molecule has 1 aliphatic heterocycles. The van der Waals surface area contributed by atoms with Gasteiger partial charge in [-0.15, -0.1) is 0 Å². The zero-order valence-electron chi connectivity index (χ0n) is 11.4. The molecule has 0 saturated carbocycles. The number of ether oxygens (including phenoxy) is 1. The van der Waals surface area contributed by atoms with E-state index in [4.69, 9.17) is 0 Å². The Bertz CT molecular complexity index is 484. The number of carbonyl (C=O) groups is 2. The lowest BCUT2D eigenvalue weighted by Gasteiger charge is -2.31. The van der Waals surface area contributed by atoms with Crippen molar-refractivity contribution in [2.75, 3.05) is 20.2 Å². The second kappa shape index (κ2) is 5.87. The third-order valence-electron chi connectivity index (χ3n) is 3.58. The summed E-state index contributed by atoms with van der Waals surface area (Å²) < 4.78 is 4.60. The molecule has 1 saturated heterocycles. The highest BCUT2D eigenvalue weighted by atomic mass is 16.5. The van der Waals surface area contributed by atoms with Gasteiger partial charge in [-0.3, -0.25) is 9.59 Å². The summed E-state index contributed by atoms with van der Waals surface area (Å²) in [7, 11) is 1.34. The average molecular weight is 261 g/mol. The lowest BCUT2D eigenvalue weighted by molar-refractivity contribution is -0.148. The molecule has 4 heteroatoms. The van der Waals surface area contributed by atoms with E-state index >= 15 is 0 Å². The van der Waals surface area contributed by atoms with Crippen LogP contribution in [0.3, 0.4) is 0 Å². The first kappa shape index (κ1) is 13.6. The van der Waals surface area contributed by atoms with Gasteiger partial charge in [-0.25, -0.2) is 0 Å². The average Bonchev–Trinajstić information content (AvgIpc) is 2.41. The predicted molar refractivity (Wildman–Crippen MR) is 71.8 cm³/mol. The molecule has 0 N–H and O–H groups in total. The molecule has 0 bridgehead atoms. The molecule has 19 heavy (non-hydrogen) atoms. The van der Waals surface area contributed by atoms with Crippen molar-refractivity contribution in [3.05, 3.63) is 35.4 Å². The van der Waals surface area contributed by atoms with Crippen molar-refractivity contribution in [1.29, 1.82) is 0 Å². The smallest absolute Gasteiger partial charge is 0.325 e. The molecule has 102 valence electrons. The molecule has 0 spiro atoms. The topological polar surface area (TPSA) is 46.6 Å². The fourth-order valence-electron chi connectivity index (χ4n) is 2.47. The molecule has 0 aliphatic carbocycles. The van der Waals surface area contributed by atoms with Crippen molar-refractivity contribution in [3.8, 4) is 0 Å². The first-order chi connectivity index (χ1) is 9.10. The fourth-order valence-corrected chi connectivity index (χ4v) is 2.47. The van der Waals surface area contributed by atoms with E-state index in [1.165, 1.54) is 18.2 Å². The minimum absolute atomic E-state index is 0.0307. The molecule has 1 atom stereocenters. The summed E-state index contributed by atoms with van der Waals surface area (Å²) in [5.41, 5.74) is 2.42. The Balaban J connectivity index is 2.00. The van der Waals surface area contributed by atoms with Gasteiger partial charge >= 0.3 is 5.97 Å². The molecule has 4 nitrogen and oxygen atoms in total. The molecular weight excluding hydrogens is 242 g/mol. The first-order valence-corrected chi connectivity index (χ1v) is 6.51. The maximum Gasteiger partial charge on any atom is 0.325 e. The number of hydrogen-bond donors (Lipinski definition) is 0. The van der Waals surface area contributed by atoms with Gasteiger partial charge in [-0.1, -0.05) is 29.8 Å². The van der Waals surface area contributed by atoms with Crippen LogP contribution in [-0.2, 0) is 14.3 Å². The minimum atomic E-state index is -0.359. The van der Waals surface area contributed by atoms with Crippen LogP contribution in [0.5, 0.6) is 0 Å². The Morgan fingerprint density at radius 1 is 1.47 bits per heavy atom. The van der Waals surface area contributed by atoms with Crippen LogP contribution >= 0.6 is 0 Å². The standard InChI is InChI=1S/C15H19NO3/c1-11-4-3-5-12(8-11)13-6-7-16(14(17)9-13)10-15(18)19-2/h3-5,8,13H,6-7,9-10H2,1-2H3. The van der Waals surface area contributed by atoms with Crippen LogP contribution in [0, 0.1) is 6.92 Å². The van der Waals surface area contributed by atoms with Crippen LogP contribution in [0.2, 0.25) is 0 Å². The van der Waals surface area contributed by atoms with Gasteiger partial charge in [0, 0.05) is 13.0 Å². The molecule has 2 rings (SSSR count). The number of amides is 1. The van der Waals surface area contributed by atoms with Crippen LogP contribution in [0.15, 0.2) is 24.3 Å². The molecule has 1 fully saturated rings. The van der Waals surface area contributed by atoms with E-state index in [9.17, 15) is 9.59 Å². The van der Waals surface area contributed by atoms with E-state index in [0.29, 0.717) is 13.0 Å². The molecule has 1 aliphatic rings. The van der Waals surface area contributed by atoms with Crippen molar-refractivity contribution in [3.63, 3.8) is 0 Å². The number of benzene rings is 1. The van der Waals surface area contributed by atoms with Crippen molar-refractivity contribution < 1.29 is 14.3 Å². The Morgan fingerprint density at radius 3 is 2.89 bits per heavy atom. The van der Waals surface area contributed by atoms with Gasteiger partial charge in [-0.2, -0.15) is 0 Å². The second-order valence-corrected chi connectivity index (χ2v) is 5.00. The Morgan fingerprint density at radius 2 is 2.26 bits per heavy atom. The molecule has 0 radical (unpaired) electrons. The van der Waals surface area contributed by atoms with E-state index in [1.54, 1.807) is 4.90 Å². The number of hydrogen-bond acceptors (Lipinski definition) is 3. The molecule has 1 aromatic rings. The SMILES string of the molecule is COC(=O)CN1CCC(c2cccc(C)c2)CC1=O. The normalized spacial score (nSPS) is 19.4. The highest BCUT2D eigenvalue weighted by Crippen LogP contribution is 2.29. The molecule has 0 aromatic heterocycles. The van der Waals surface area contributed by atoms with Crippen LogP contribution in [-0.4, -0.2) is 37.0 Å². The van der Waals surface area contributed by atoms with E-state index in [1.807, 2.05) is 6.07 Å². The number of esters is 1. The van der Waals surface area contributed by atoms with Crippen molar-refractivity contribution in [2.45, 2.75) is 25.7 Å². The van der Waals surface area contributed by atoms with Gasteiger partial charge in [0.2, 0.25) is 5.91 Å². The monoisotopic (exact) mass is 261 g/mol. The number of methoxy groups -OCH3 is 1. The number of carbonyl (C=O) groups excluding carboxylic acids is 2. The van der Waals surface area contributed by atoms with Gasteiger partial charge in [0.25, 0.3) is 0 Å². The lowest BCUT2D eigenvalue weighted by atomic mass is 9.88. The summed E-state index contributed by atoms with van der Waals surface area (Å²) in [6.07, 6.45) is 1.37. The maximum absolute atomic E-state index is 12.0. The van der Waals surface area contributed by atoms with Crippen molar-refractivity contribution in [1.82, 2.24) is 4.90 Å². The van der Waals surface area contributed by atoms with E-state index < -0.39 is 0 Å². The summed E-state index contributed by atoms with van der Waals surface area (Å²) in [6.45, 7) is 2.74. The third kappa shape index (κ3) is 3.34. The van der Waals surface area contributed by atoms with Gasteiger partial charge in [0.1, 0.15) is 6.54 Å². The van der Waals surface area contributed by atoms with Crippen LogP contribution in [0.4, 0.5) is 0 Å². The van der Waals surface area contributed by atoms with Crippen LogP contribution in [0.25, 0.3) is 0 Å². The predicted octanol–water partition coefficient (Wildman–Crippen LogP) is 1.87. The number of rotatable bonds is 3. The number of piperidine rings is 1. The Kier molecular flexibility index (Phi) is 4.20. The Hall–Kier alpha value is -1.84. The molecule has 1 unspecified atom stereocenters. The summed E-state index contributed by atoms with van der Waals surface area (Å²) >= 11 is 0. The van der Waals surface area contributed by atoms with Gasteiger partial charge < -0.3 is 9.64 Å². The zero-order valence-corrected chi connectivity index (χ0v) is 11.4. The first-order valence-electron chi connectivity index (χ1n) is 6.51. The molecule has 1 aromatic carbocycles. The van der Waals surface area contributed by atoms with Crippen LogP contribution < -0.4 is 0 Å². The van der Waals surface area contributed by atoms with E-state index in [0.717, 1.165) is 6.42 Å². The summed E-state index contributed by atoms with van der Waals surface area (Å²) in [4.78, 5) is 24.8. The fraction of sp³-hybridized carbons (Fsp3) is 0.467. The lowest BCUT2D eigenvalue weighted by Crippen LogP contribution is -2.41. The zero-order chi connectivity index (χ0) is 13.8. The maximum atomic E-state index is 12.0. The van der Waals surface area contributed by atoms with Gasteiger partial charge in [0.15, 0.2) is 0 Å². The number of aryl methyl sites for hydroxylation is 1. The van der Waals surface area contributed by atoms with Gasteiger partial charge in [0.05, 0.1) is 7.11 Å². The van der Waals surface area contributed by atoms with Crippen molar-refractivity contribution >= 4 is 11.9 Å². The third-order valence-corrected chi connectivity index (χ3v) is 3.58. The highest BCUT2D eigenvalue weighted by Gasteiger charge is 2.28. The molecule has 1 heterocycles. The summed E-state index contributed by atoms with van der Waals surface area (Å²) in [5, 5.41) is 0. The summed E-state index contributed by atoms with van der Waals surface area (Å²) in [6, 6.07) is 8.28. The van der Waals surface area contributed by atoms with E-state index in [2.05, 4.69) is 29.9 Å². The minimum Gasteiger partial charge on any atom is -0.468 e. The van der Waals surface area contributed by atoms with Crippen molar-refractivity contribution in [2.24, 2.45) is 0 Å².